The maximum Gasteiger partial charge on any atom is 0.494 e. The van der Waals surface area contributed by atoms with Gasteiger partial charge in [0.1, 0.15) is 37.5 Å². The van der Waals surface area contributed by atoms with E-state index in [0.717, 1.165) is 21.0 Å². The number of hydrazine groups is 1. The van der Waals surface area contributed by atoms with Crippen molar-refractivity contribution in [2.24, 2.45) is 11.7 Å². The van der Waals surface area contributed by atoms with Gasteiger partial charge in [-0.15, -0.1) is 0 Å². The van der Waals surface area contributed by atoms with Crippen molar-refractivity contribution in [1.29, 1.82) is 5.26 Å². The van der Waals surface area contributed by atoms with Gasteiger partial charge in [0.25, 0.3) is 11.1 Å². The van der Waals surface area contributed by atoms with Crippen molar-refractivity contribution >= 4 is 164 Å². The number of H-pyrrole nitrogens is 5. The highest BCUT2D eigenvalue weighted by atomic mass is 80.0. The lowest BCUT2D eigenvalue weighted by Crippen LogP contribution is -2.41. The highest BCUT2D eigenvalue weighted by molar-refractivity contribution is 9.93. The van der Waals surface area contributed by atoms with Crippen LogP contribution in [-0.2, 0) is 21.7 Å². The van der Waals surface area contributed by atoms with E-state index in [9.17, 15) is 54.3 Å². The second-order valence-electron chi connectivity index (χ2n) is 20.9. The molecule has 100 heavy (non-hydrogen) atoms. The second-order valence-corrected chi connectivity index (χ2v) is 37.0. The maximum absolute atomic E-state index is 13.8. The average molecular weight is 1670 g/mol. The van der Waals surface area contributed by atoms with E-state index >= 15 is 0 Å². The van der Waals surface area contributed by atoms with Crippen LogP contribution < -0.4 is 71.5 Å². The first-order chi connectivity index (χ1) is 47.1. The lowest BCUT2D eigenvalue weighted by atomic mass is 9.79. The number of aromatic nitrogens is 10. The number of urea groups is 2. The summed E-state index contributed by atoms with van der Waals surface area (Å²) in [6, 6.07) is 23.4. The quantitative estimate of drug-likeness (QED) is 0.0176. The molecule has 19 N–H and O–H groups in total. The summed E-state index contributed by atoms with van der Waals surface area (Å²) >= 11 is 12.8. The number of nitrogens with zero attached hydrogens (tertiary/aromatic N) is 6. The summed E-state index contributed by atoms with van der Waals surface area (Å²) in [7, 11) is 0.840. The van der Waals surface area contributed by atoms with Crippen LogP contribution in [0, 0.1) is 23.0 Å². The number of hydrogen-bond acceptors (Lipinski definition) is 18. The number of halogens is 12. The molecule has 27 nitrogen and oxygen atoms in total. The standard InChI is InChI=1S/C20H21BF4N2O3.C20H14F4N6O.C7H6N2O2.C6H5BrN4.C6H6N4O.Br3P.H4N2/c1-18(2)19(3,4)30-21(29-18)13-6-8-14(9-7-13)26-17(28)27-16-11-12(20(23,24)25)5-10-15(16)22;21-13-6-3-11(20(22,23)24)9-15(13)28-19(31)27-12-4-1-10(2-5-12)17-16-14(7-8-26-17)29-30-18(16)25;1-11-6-2-3-9-7(10)5(6)4-8;7-5-4-3(1-2-9-5)10-11-6(4)8;7-5-4-3(9-10-5)1-2-8-6(4)11;1-4(2)3;1-2/h5-11H,1-4H3,(H2,26,27,28);1-9H,(H3,25,29,30)(H2,27,28,31);2-3H,1H3,(H,9,10);1-2H,(H3,8,10,11);1-2H,(H,8,11)(H3,7,9,10);;1-2H2. The Labute approximate surface area is 594 Å². The van der Waals surface area contributed by atoms with Gasteiger partial charge >= 0.3 is 31.5 Å². The van der Waals surface area contributed by atoms with Gasteiger partial charge in [0.2, 0.25) is 0 Å². The van der Waals surface area contributed by atoms with E-state index in [2.05, 4.69) is 146 Å². The molecular weight excluding hydrogens is 1610 g/mol. The lowest BCUT2D eigenvalue weighted by molar-refractivity contribution is -0.138. The van der Waals surface area contributed by atoms with Gasteiger partial charge in [-0.25, -0.2) is 23.4 Å². The van der Waals surface area contributed by atoms with E-state index < -0.39 is 82.4 Å². The minimum atomic E-state index is -4.66. The van der Waals surface area contributed by atoms with E-state index in [1.165, 1.54) is 19.4 Å². The summed E-state index contributed by atoms with van der Waals surface area (Å²) in [6.45, 7) is 7.72. The number of nitrogens with two attached hydrogens (primary N) is 5. The molecule has 4 amide bonds. The van der Waals surface area contributed by atoms with E-state index in [0.29, 0.717) is 98.2 Å². The van der Waals surface area contributed by atoms with Crippen molar-refractivity contribution in [3.8, 4) is 23.1 Å². The fourth-order valence-electron chi connectivity index (χ4n) is 8.48. The third kappa shape index (κ3) is 21.2. The SMILES string of the molecule is BrP(Br)Br.CC1(C)OB(c2ccc(NC(=O)Nc3cc(C(F)(F)F)ccc3F)cc2)OC1(C)C.COc1cc[nH]c(=O)c1C#N.NN.Nc1n[nH]c2cc[nH]c(=O)c12.Nc1n[nH]c2ccnc(-c3ccc(NC(=O)Nc4cc(C(F)(F)F)ccc4F)cc3)c12.Nc1n[nH]c2ccnc(Br)c12. The summed E-state index contributed by atoms with van der Waals surface area (Å²) in [5, 5.41) is 39.1. The summed E-state index contributed by atoms with van der Waals surface area (Å²) in [5.74, 6) is 7.34. The van der Waals surface area contributed by atoms with Gasteiger partial charge in [-0.3, -0.25) is 41.6 Å². The predicted molar refractivity (Wildman–Crippen MR) is 382 cm³/mol. The van der Waals surface area contributed by atoms with Crippen molar-refractivity contribution < 1.29 is 58.8 Å². The Kier molecular flexibility index (Phi) is 27.8. The van der Waals surface area contributed by atoms with Crippen LogP contribution in [0.4, 0.5) is 84.9 Å². The summed E-state index contributed by atoms with van der Waals surface area (Å²) in [5.41, 5.74) is 16.9. The van der Waals surface area contributed by atoms with E-state index in [-0.39, 0.29) is 21.0 Å². The van der Waals surface area contributed by atoms with Gasteiger partial charge in [-0.2, -0.15) is 46.9 Å². The van der Waals surface area contributed by atoms with Gasteiger partial charge in [-0.1, -0.05) is 24.3 Å². The minimum absolute atomic E-state index is 0.00926. The smallest absolute Gasteiger partial charge is 0.494 e. The first-order valence-electron chi connectivity index (χ1n) is 28.0. The number of alkyl halides is 6. The number of aromatic amines is 5. The number of hydrogen-bond donors (Lipinski definition) is 14. The molecule has 1 fully saturated rings. The van der Waals surface area contributed by atoms with Crippen LogP contribution in [0.3, 0.4) is 0 Å². The van der Waals surface area contributed by atoms with Crippen LogP contribution in [0.15, 0.2) is 148 Å². The van der Waals surface area contributed by atoms with Gasteiger partial charge in [0.05, 0.1) is 73.8 Å². The minimum Gasteiger partial charge on any atom is -0.495 e. The Hall–Kier alpha value is -9.59. The number of rotatable bonds is 7. The fourth-order valence-corrected chi connectivity index (χ4v) is 9.01. The molecule has 1 aliphatic rings. The first kappa shape index (κ1) is 79.4. The van der Waals surface area contributed by atoms with Gasteiger partial charge in [-0.05, 0) is 180 Å². The van der Waals surface area contributed by atoms with Crippen molar-refractivity contribution in [3.05, 3.63) is 188 Å². The Morgan fingerprint density at radius 2 is 1.03 bits per heavy atom. The van der Waals surface area contributed by atoms with E-state index in [1.807, 2.05) is 33.8 Å². The third-order valence-electron chi connectivity index (χ3n) is 13.9. The number of methoxy groups -OCH3 is 1. The molecule has 41 heteroatoms. The molecule has 0 saturated carbocycles. The molecule has 0 spiro atoms. The molecule has 4 aromatic carbocycles. The van der Waals surface area contributed by atoms with Gasteiger partial charge in [0, 0.05) is 41.7 Å². The normalized spacial score (nSPS) is 12.6. The molecule has 1 aliphatic heterocycles. The number of anilines is 7. The monoisotopic (exact) mass is 1670 g/mol. The van der Waals surface area contributed by atoms with E-state index in [1.54, 1.807) is 85.3 Å². The average Bonchev–Trinajstić information content (AvgIpc) is 1.62. The zero-order valence-corrected chi connectivity index (χ0v) is 59.4. The fraction of sp³-hybridized carbons (Fsp3) is 0.153. The van der Waals surface area contributed by atoms with Crippen LogP contribution >= 0.6 is 66.4 Å². The molecule has 0 unspecified atom stereocenters. The van der Waals surface area contributed by atoms with Crippen LogP contribution in [-0.4, -0.2) is 88.0 Å². The molecule has 0 bridgehead atoms. The highest BCUT2D eigenvalue weighted by Crippen LogP contribution is 2.59. The number of fused-ring (bicyclic) bond motifs is 3. The maximum atomic E-state index is 13.8. The largest absolute Gasteiger partial charge is 0.495 e. The van der Waals surface area contributed by atoms with Crippen LogP contribution in [0.25, 0.3) is 44.0 Å². The Balaban J connectivity index is 0.000000208. The highest BCUT2D eigenvalue weighted by Gasteiger charge is 2.51. The zero-order valence-electron chi connectivity index (χ0n) is 52.2. The Bertz CT molecular complexity index is 4770. The number of carbonyl (C=O) groups excluding carboxylic acids is 2. The Morgan fingerprint density at radius 3 is 1.47 bits per heavy atom. The number of nitrogens with one attached hydrogen (secondary N) is 9. The van der Waals surface area contributed by atoms with Gasteiger partial charge < -0.3 is 62.5 Å². The van der Waals surface area contributed by atoms with Crippen molar-refractivity contribution in [2.45, 2.75) is 51.2 Å². The Morgan fingerprint density at radius 1 is 0.610 bits per heavy atom. The van der Waals surface area contributed by atoms with Crippen LogP contribution in [0.2, 0.25) is 0 Å². The van der Waals surface area contributed by atoms with Crippen molar-refractivity contribution in [2.75, 3.05) is 45.6 Å². The number of carbonyl (C=O) groups is 2. The molecule has 7 aromatic heterocycles. The number of benzene rings is 4. The molecule has 12 rings (SSSR count). The second kappa shape index (κ2) is 35.0. The van der Waals surface area contributed by atoms with Crippen molar-refractivity contribution in [3.63, 3.8) is 0 Å². The molecular formula is C59H56BBr4F8N20O7P. The predicted octanol–water partition coefficient (Wildman–Crippen LogP) is 13.4. The number of amides is 4. The molecule has 526 valence electrons. The number of nitriles is 1. The molecule has 0 atom stereocenters. The number of ether oxygens (including phenoxy) is 1. The van der Waals surface area contributed by atoms with Crippen LogP contribution in [0.1, 0.15) is 44.4 Å². The number of nitrogen functional groups attached to an aromatic ring is 3. The summed E-state index contributed by atoms with van der Waals surface area (Å²) in [4.78, 5) is 59.4. The molecule has 8 heterocycles. The van der Waals surface area contributed by atoms with E-state index in [4.69, 9.17) is 36.5 Å². The molecule has 1 saturated heterocycles. The zero-order chi connectivity index (χ0) is 74.0. The summed E-state index contributed by atoms with van der Waals surface area (Å²) in [6.07, 6.45) is -3.05. The third-order valence-corrected chi connectivity index (χ3v) is 14.5. The topological polar surface area (TPSA) is 441 Å². The molecule has 0 aliphatic carbocycles. The first-order valence-corrected chi connectivity index (χ1v) is 36.2. The van der Waals surface area contributed by atoms with Crippen LogP contribution in [0.5, 0.6) is 5.75 Å². The number of pyridine rings is 4. The van der Waals surface area contributed by atoms with Crippen molar-refractivity contribution in [1.82, 2.24) is 50.5 Å². The molecule has 0 radical (unpaired) electrons. The molecule has 11 aromatic rings. The lowest BCUT2D eigenvalue weighted by Gasteiger charge is -2.32. The van der Waals surface area contributed by atoms with Gasteiger partial charge in [0.15, 0.2) is 23.0 Å². The summed E-state index contributed by atoms with van der Waals surface area (Å²) < 4.78 is 121.